The molecule has 2 N–H and O–H groups in total. The van der Waals surface area contributed by atoms with Gasteiger partial charge in [0.1, 0.15) is 5.75 Å². The molecule has 2 aromatic rings. The van der Waals surface area contributed by atoms with E-state index < -0.39 is 20.7 Å². The van der Waals surface area contributed by atoms with Crippen LogP contribution in [0.25, 0.3) is 0 Å². The summed E-state index contributed by atoms with van der Waals surface area (Å²) in [4.78, 5) is 11.8. The topological polar surface area (TPSA) is 84.5 Å². The van der Waals surface area contributed by atoms with Crippen LogP contribution >= 0.6 is 0 Å². The van der Waals surface area contributed by atoms with Gasteiger partial charge in [-0.25, -0.2) is 8.42 Å². The molecule has 0 radical (unpaired) electrons. The van der Waals surface area contributed by atoms with Crippen molar-refractivity contribution in [2.75, 3.05) is 19.7 Å². The molecule has 0 fully saturated rings. The number of benzene rings is 2. The first kappa shape index (κ1) is 25.9. The number of hydrogen-bond acceptors (Lipinski definition) is 5. The third-order valence-electron chi connectivity index (χ3n) is 5.05. The molecule has 0 bridgehead atoms. The molecule has 0 aromatic heterocycles. The highest BCUT2D eigenvalue weighted by Crippen LogP contribution is 2.14. The molecule has 0 saturated carbocycles. The summed E-state index contributed by atoms with van der Waals surface area (Å²) >= 11 is 0. The SMILES string of the molecule is CC(C)(C)S(=O)(=O)NC(=O)CCNCCCc1ccc(OCCCc2ccccc2)cc1. The number of carbonyl (C=O) groups excluding carboxylic acids is 1. The van der Waals surface area contributed by atoms with Crippen molar-refractivity contribution in [2.24, 2.45) is 0 Å². The van der Waals surface area contributed by atoms with Gasteiger partial charge in [-0.05, 0) is 76.3 Å². The normalized spacial score (nSPS) is 11.8. The molecule has 0 aliphatic heterocycles. The Morgan fingerprint density at radius 1 is 0.875 bits per heavy atom. The Kier molecular flexibility index (Phi) is 10.2. The van der Waals surface area contributed by atoms with Crippen molar-refractivity contribution in [1.29, 1.82) is 0 Å². The van der Waals surface area contributed by atoms with Crippen molar-refractivity contribution in [2.45, 2.75) is 57.6 Å². The lowest BCUT2D eigenvalue weighted by Gasteiger charge is -2.19. The van der Waals surface area contributed by atoms with Crippen molar-refractivity contribution >= 4 is 15.9 Å². The van der Waals surface area contributed by atoms with Crippen LogP contribution in [0.4, 0.5) is 0 Å². The second kappa shape index (κ2) is 12.6. The molecule has 32 heavy (non-hydrogen) atoms. The van der Waals surface area contributed by atoms with Gasteiger partial charge in [0.05, 0.1) is 11.4 Å². The molecule has 176 valence electrons. The minimum Gasteiger partial charge on any atom is -0.494 e. The quantitative estimate of drug-likeness (QED) is 0.444. The van der Waals surface area contributed by atoms with Gasteiger partial charge in [0, 0.05) is 13.0 Å². The zero-order chi connectivity index (χ0) is 23.5. The van der Waals surface area contributed by atoms with E-state index in [1.807, 2.05) is 18.2 Å². The fraction of sp³-hybridized carbons (Fsp3) is 0.480. The number of carbonyl (C=O) groups is 1. The van der Waals surface area contributed by atoms with E-state index in [1.165, 1.54) is 11.1 Å². The van der Waals surface area contributed by atoms with Gasteiger partial charge in [0.2, 0.25) is 15.9 Å². The Balaban J connectivity index is 1.55. The van der Waals surface area contributed by atoms with Gasteiger partial charge >= 0.3 is 0 Å². The van der Waals surface area contributed by atoms with E-state index in [9.17, 15) is 13.2 Å². The van der Waals surface area contributed by atoms with Crippen LogP contribution < -0.4 is 14.8 Å². The summed E-state index contributed by atoms with van der Waals surface area (Å²) in [5.41, 5.74) is 2.56. The number of hydrogen-bond donors (Lipinski definition) is 2. The Morgan fingerprint density at radius 2 is 1.50 bits per heavy atom. The number of amides is 1. The van der Waals surface area contributed by atoms with E-state index in [4.69, 9.17) is 4.74 Å². The van der Waals surface area contributed by atoms with Gasteiger partial charge in [-0.3, -0.25) is 9.52 Å². The summed E-state index contributed by atoms with van der Waals surface area (Å²) in [5, 5.41) is 3.19. The fourth-order valence-corrected chi connectivity index (χ4v) is 3.67. The lowest BCUT2D eigenvalue weighted by atomic mass is 10.1. The van der Waals surface area contributed by atoms with E-state index in [0.717, 1.165) is 38.0 Å². The predicted molar refractivity (Wildman–Crippen MR) is 129 cm³/mol. The van der Waals surface area contributed by atoms with Crippen LogP contribution in [-0.4, -0.2) is 38.8 Å². The maximum Gasteiger partial charge on any atom is 0.239 e. The summed E-state index contributed by atoms with van der Waals surface area (Å²) in [6.45, 7) is 6.59. The lowest BCUT2D eigenvalue weighted by Crippen LogP contribution is -2.43. The molecular weight excluding hydrogens is 424 g/mol. The second-order valence-electron chi connectivity index (χ2n) is 8.83. The van der Waals surface area contributed by atoms with Gasteiger partial charge in [0.25, 0.3) is 0 Å². The first-order chi connectivity index (χ1) is 15.2. The van der Waals surface area contributed by atoms with Crippen LogP contribution in [-0.2, 0) is 27.7 Å². The third kappa shape index (κ3) is 9.40. The monoisotopic (exact) mass is 460 g/mol. The van der Waals surface area contributed by atoms with Crippen LogP contribution in [0, 0.1) is 0 Å². The molecule has 0 aliphatic rings. The van der Waals surface area contributed by atoms with E-state index >= 15 is 0 Å². The van der Waals surface area contributed by atoms with Crippen LogP contribution in [0.2, 0.25) is 0 Å². The highest BCUT2D eigenvalue weighted by Gasteiger charge is 2.30. The number of rotatable bonds is 13. The second-order valence-corrected chi connectivity index (χ2v) is 11.3. The zero-order valence-corrected chi connectivity index (χ0v) is 20.2. The highest BCUT2D eigenvalue weighted by atomic mass is 32.2. The van der Waals surface area contributed by atoms with E-state index in [0.29, 0.717) is 13.2 Å². The smallest absolute Gasteiger partial charge is 0.239 e. The Morgan fingerprint density at radius 3 is 2.16 bits per heavy atom. The molecule has 0 heterocycles. The highest BCUT2D eigenvalue weighted by molar-refractivity contribution is 7.91. The van der Waals surface area contributed by atoms with Crippen molar-refractivity contribution < 1.29 is 17.9 Å². The molecule has 7 heteroatoms. The summed E-state index contributed by atoms with van der Waals surface area (Å²) in [7, 11) is -3.64. The lowest BCUT2D eigenvalue weighted by molar-refractivity contribution is -0.119. The van der Waals surface area contributed by atoms with Crippen molar-refractivity contribution in [3.63, 3.8) is 0 Å². The van der Waals surface area contributed by atoms with Crippen molar-refractivity contribution in [3.8, 4) is 5.75 Å². The van der Waals surface area contributed by atoms with Gasteiger partial charge in [-0.1, -0.05) is 42.5 Å². The van der Waals surface area contributed by atoms with Crippen molar-refractivity contribution in [3.05, 3.63) is 65.7 Å². The van der Waals surface area contributed by atoms with E-state index in [2.05, 4.69) is 46.4 Å². The maximum absolute atomic E-state index is 11.9. The van der Waals surface area contributed by atoms with Crippen LogP contribution in [0.15, 0.2) is 54.6 Å². The summed E-state index contributed by atoms with van der Waals surface area (Å²) in [6, 6.07) is 18.6. The minimum atomic E-state index is -3.64. The molecule has 0 unspecified atom stereocenters. The van der Waals surface area contributed by atoms with E-state index in [1.54, 1.807) is 20.8 Å². The molecule has 1 amide bonds. The fourth-order valence-electron chi connectivity index (χ4n) is 2.96. The zero-order valence-electron chi connectivity index (χ0n) is 19.4. The van der Waals surface area contributed by atoms with Gasteiger partial charge in [0.15, 0.2) is 0 Å². The largest absolute Gasteiger partial charge is 0.494 e. The minimum absolute atomic E-state index is 0.131. The molecular formula is C25H36N2O4S. The van der Waals surface area contributed by atoms with Gasteiger partial charge in [-0.2, -0.15) is 0 Å². The standard InChI is InChI=1S/C25H36N2O4S/c1-25(2,3)32(29,30)27-24(28)17-19-26-18-7-11-22-13-15-23(16-14-22)31-20-8-12-21-9-5-4-6-10-21/h4-6,9-10,13-16,26H,7-8,11-12,17-20H2,1-3H3,(H,27,28). The summed E-state index contributed by atoms with van der Waals surface area (Å²) < 4.78 is 30.8. The van der Waals surface area contributed by atoms with Crippen LogP contribution in [0.1, 0.15) is 51.2 Å². The average Bonchev–Trinajstić information content (AvgIpc) is 2.74. The Hall–Kier alpha value is -2.38. The maximum atomic E-state index is 11.9. The summed E-state index contributed by atoms with van der Waals surface area (Å²) in [5.74, 6) is 0.406. The molecule has 6 nitrogen and oxygen atoms in total. The van der Waals surface area contributed by atoms with Gasteiger partial charge in [-0.15, -0.1) is 0 Å². The molecule has 0 atom stereocenters. The molecule has 2 rings (SSSR count). The van der Waals surface area contributed by atoms with Crippen LogP contribution in [0.5, 0.6) is 5.75 Å². The van der Waals surface area contributed by atoms with Crippen molar-refractivity contribution in [1.82, 2.24) is 10.0 Å². The number of sulfonamides is 1. The third-order valence-corrected chi connectivity index (χ3v) is 7.16. The Bertz CT molecular complexity index is 921. The number of aryl methyl sites for hydroxylation is 2. The average molecular weight is 461 g/mol. The first-order valence-corrected chi connectivity index (χ1v) is 12.7. The molecule has 0 spiro atoms. The number of ether oxygens (including phenoxy) is 1. The first-order valence-electron chi connectivity index (χ1n) is 11.2. The van der Waals surface area contributed by atoms with Crippen LogP contribution in [0.3, 0.4) is 0 Å². The Labute approximate surface area is 192 Å². The number of nitrogens with one attached hydrogen (secondary N) is 2. The predicted octanol–water partition coefficient (Wildman–Crippen LogP) is 3.86. The van der Waals surface area contributed by atoms with E-state index in [-0.39, 0.29) is 6.42 Å². The summed E-state index contributed by atoms with van der Waals surface area (Å²) in [6.07, 6.45) is 3.98. The van der Waals surface area contributed by atoms with Gasteiger partial charge < -0.3 is 10.1 Å². The molecule has 2 aromatic carbocycles. The molecule has 0 aliphatic carbocycles. The molecule has 0 saturated heterocycles.